The second kappa shape index (κ2) is 2.80. The molecule has 1 aromatic heterocycles. The van der Waals surface area contributed by atoms with Crippen LogP contribution in [0.3, 0.4) is 0 Å². The van der Waals surface area contributed by atoms with Crippen LogP contribution < -0.4 is 4.72 Å². The maximum atomic E-state index is 10.3. The van der Waals surface area contributed by atoms with Crippen molar-refractivity contribution in [3.8, 4) is 0 Å². The lowest BCUT2D eigenvalue weighted by Gasteiger charge is -1.98. The molecule has 0 unspecified atom stereocenters. The highest BCUT2D eigenvalue weighted by molar-refractivity contribution is 7.87. The zero-order chi connectivity index (χ0) is 8.48. The van der Waals surface area contributed by atoms with E-state index in [-0.39, 0.29) is 0 Å². The van der Waals surface area contributed by atoms with Crippen molar-refractivity contribution < 1.29 is 13.0 Å². The molecule has 0 aliphatic rings. The fourth-order valence-corrected chi connectivity index (χ4v) is 2.16. The first kappa shape index (κ1) is 8.51. The van der Waals surface area contributed by atoms with Gasteiger partial charge in [0.15, 0.2) is 0 Å². The summed E-state index contributed by atoms with van der Waals surface area (Å²) in [5, 5.41) is 2.19. The summed E-state index contributed by atoms with van der Waals surface area (Å²) in [6.07, 6.45) is 0. The van der Waals surface area contributed by atoms with Crippen molar-refractivity contribution in [1.82, 2.24) is 0 Å². The van der Waals surface area contributed by atoms with Crippen molar-refractivity contribution in [3.05, 3.63) is 17.0 Å². The van der Waals surface area contributed by atoms with Gasteiger partial charge < -0.3 is 0 Å². The van der Waals surface area contributed by atoms with Gasteiger partial charge in [-0.15, -0.1) is 11.3 Å². The van der Waals surface area contributed by atoms with Gasteiger partial charge in [-0.1, -0.05) is 0 Å². The average Bonchev–Trinajstić information content (AvgIpc) is 2.12. The van der Waals surface area contributed by atoms with Gasteiger partial charge in [0.1, 0.15) is 5.00 Å². The van der Waals surface area contributed by atoms with Gasteiger partial charge in [-0.2, -0.15) is 8.42 Å². The van der Waals surface area contributed by atoms with Gasteiger partial charge in [-0.05, 0) is 23.9 Å². The summed E-state index contributed by atoms with van der Waals surface area (Å²) >= 11 is 1.23. The van der Waals surface area contributed by atoms with Gasteiger partial charge >= 0.3 is 10.3 Å². The van der Waals surface area contributed by atoms with E-state index in [1.54, 1.807) is 18.4 Å². The highest BCUT2D eigenvalue weighted by Crippen LogP contribution is 2.22. The maximum absolute atomic E-state index is 10.3. The molecule has 1 aromatic rings. The van der Waals surface area contributed by atoms with E-state index in [0.29, 0.717) is 5.00 Å². The standard InChI is InChI=1S/C5H7NO3S2/c1-4-2-3-10-5(4)6-11(7,8)9/h2-3,6H,1H3,(H,7,8,9). The molecule has 11 heavy (non-hydrogen) atoms. The number of nitrogens with one attached hydrogen (secondary N) is 1. The minimum Gasteiger partial charge on any atom is -0.269 e. The SMILES string of the molecule is Cc1ccsc1NS(=O)(=O)O. The quantitative estimate of drug-likeness (QED) is 0.695. The second-order valence-electron chi connectivity index (χ2n) is 2.01. The molecule has 0 fully saturated rings. The highest BCUT2D eigenvalue weighted by Gasteiger charge is 2.06. The minimum absolute atomic E-state index is 0.451. The van der Waals surface area contributed by atoms with Crippen molar-refractivity contribution in [3.63, 3.8) is 0 Å². The molecule has 62 valence electrons. The number of rotatable bonds is 2. The Hall–Kier alpha value is -0.590. The van der Waals surface area contributed by atoms with E-state index in [1.165, 1.54) is 11.3 Å². The van der Waals surface area contributed by atoms with Crippen LogP contribution in [0.2, 0.25) is 0 Å². The third kappa shape index (κ3) is 2.49. The Morgan fingerprint density at radius 3 is 2.64 bits per heavy atom. The predicted molar refractivity (Wildman–Crippen MR) is 44.2 cm³/mol. The smallest absolute Gasteiger partial charge is 0.269 e. The summed E-state index contributed by atoms with van der Waals surface area (Å²) < 4.78 is 31.0. The molecule has 4 nitrogen and oxygen atoms in total. The number of hydrogen-bond acceptors (Lipinski definition) is 3. The van der Waals surface area contributed by atoms with E-state index in [2.05, 4.69) is 0 Å². The van der Waals surface area contributed by atoms with Crippen LogP contribution in [0.15, 0.2) is 11.4 Å². The molecule has 0 bridgehead atoms. The van der Waals surface area contributed by atoms with Gasteiger partial charge in [0.25, 0.3) is 0 Å². The van der Waals surface area contributed by atoms with Crippen molar-refractivity contribution in [2.75, 3.05) is 4.72 Å². The molecule has 0 spiro atoms. The molecule has 0 saturated carbocycles. The molecule has 0 amide bonds. The summed E-state index contributed by atoms with van der Waals surface area (Å²) in [7, 11) is -4.11. The van der Waals surface area contributed by atoms with E-state index in [1.807, 2.05) is 4.72 Å². The first-order chi connectivity index (χ1) is 4.99. The van der Waals surface area contributed by atoms with Crippen LogP contribution in [0.1, 0.15) is 5.56 Å². The fraction of sp³-hybridized carbons (Fsp3) is 0.200. The van der Waals surface area contributed by atoms with E-state index in [0.717, 1.165) is 5.56 Å². The summed E-state index contributed by atoms with van der Waals surface area (Å²) in [4.78, 5) is 0. The van der Waals surface area contributed by atoms with Crippen molar-refractivity contribution in [2.24, 2.45) is 0 Å². The molecule has 0 aliphatic heterocycles. The lowest BCUT2D eigenvalue weighted by Crippen LogP contribution is -2.09. The van der Waals surface area contributed by atoms with Crippen LogP contribution in [-0.4, -0.2) is 13.0 Å². The Labute approximate surface area is 68.8 Å². The number of thiophene rings is 1. The molecule has 2 N–H and O–H groups in total. The molecule has 0 radical (unpaired) electrons. The Kier molecular flexibility index (Phi) is 2.17. The number of aryl methyl sites for hydroxylation is 1. The Bertz CT molecular complexity index is 340. The molecule has 0 aliphatic carbocycles. The molecular weight excluding hydrogens is 186 g/mol. The molecule has 1 heterocycles. The highest BCUT2D eigenvalue weighted by atomic mass is 32.2. The van der Waals surface area contributed by atoms with E-state index < -0.39 is 10.3 Å². The first-order valence-corrected chi connectivity index (χ1v) is 5.10. The Balaban J connectivity index is 2.89. The zero-order valence-electron chi connectivity index (χ0n) is 5.73. The summed E-state index contributed by atoms with van der Waals surface area (Å²) in [5.74, 6) is 0. The third-order valence-corrected chi connectivity index (χ3v) is 2.61. The molecule has 0 aromatic carbocycles. The monoisotopic (exact) mass is 193 g/mol. The van der Waals surface area contributed by atoms with Crippen LogP contribution in [-0.2, 0) is 10.3 Å². The van der Waals surface area contributed by atoms with Crippen LogP contribution in [0.25, 0.3) is 0 Å². The van der Waals surface area contributed by atoms with Crippen LogP contribution in [0, 0.1) is 6.92 Å². The minimum atomic E-state index is -4.11. The maximum Gasteiger partial charge on any atom is 0.358 e. The second-order valence-corrected chi connectivity index (χ2v) is 4.08. The van der Waals surface area contributed by atoms with Gasteiger partial charge in [0, 0.05) is 0 Å². The Morgan fingerprint density at radius 1 is 1.64 bits per heavy atom. The number of anilines is 1. The lowest BCUT2D eigenvalue weighted by atomic mass is 10.4. The van der Waals surface area contributed by atoms with E-state index in [4.69, 9.17) is 4.55 Å². The molecule has 0 atom stereocenters. The van der Waals surface area contributed by atoms with Crippen LogP contribution >= 0.6 is 11.3 Å². The summed E-state index contributed by atoms with van der Waals surface area (Å²) in [6, 6.07) is 1.76. The topological polar surface area (TPSA) is 66.4 Å². The lowest BCUT2D eigenvalue weighted by molar-refractivity contribution is 0.490. The largest absolute Gasteiger partial charge is 0.358 e. The Morgan fingerprint density at radius 2 is 2.27 bits per heavy atom. The first-order valence-electron chi connectivity index (χ1n) is 2.78. The molecule has 6 heteroatoms. The van der Waals surface area contributed by atoms with E-state index in [9.17, 15) is 8.42 Å². The van der Waals surface area contributed by atoms with Gasteiger partial charge in [0.2, 0.25) is 0 Å². The van der Waals surface area contributed by atoms with Gasteiger partial charge in [-0.25, -0.2) is 0 Å². The van der Waals surface area contributed by atoms with Crippen molar-refractivity contribution >= 4 is 26.6 Å². The predicted octanol–water partition coefficient (Wildman–Crippen LogP) is 1.27. The average molecular weight is 193 g/mol. The van der Waals surface area contributed by atoms with E-state index >= 15 is 0 Å². The van der Waals surface area contributed by atoms with Gasteiger partial charge in [0.05, 0.1) is 0 Å². The molecular formula is C5H7NO3S2. The van der Waals surface area contributed by atoms with Crippen molar-refractivity contribution in [1.29, 1.82) is 0 Å². The molecule has 0 saturated heterocycles. The normalized spacial score (nSPS) is 11.5. The fourth-order valence-electron chi connectivity index (χ4n) is 0.594. The summed E-state index contributed by atoms with van der Waals surface area (Å²) in [5.41, 5.74) is 0.799. The molecule has 1 rings (SSSR count). The number of hydrogen-bond donors (Lipinski definition) is 2. The van der Waals surface area contributed by atoms with Crippen LogP contribution in [0.4, 0.5) is 5.00 Å². The third-order valence-electron chi connectivity index (χ3n) is 1.08. The van der Waals surface area contributed by atoms with Gasteiger partial charge in [-0.3, -0.25) is 9.27 Å². The van der Waals surface area contributed by atoms with Crippen LogP contribution in [0.5, 0.6) is 0 Å². The van der Waals surface area contributed by atoms with Crippen molar-refractivity contribution in [2.45, 2.75) is 6.92 Å². The zero-order valence-corrected chi connectivity index (χ0v) is 7.37. The summed E-state index contributed by atoms with van der Waals surface area (Å²) in [6.45, 7) is 1.75.